The SMILES string of the molecule is CC(C)C1CN(c2nc(C3CC3)c(Br)cc2C#N)CCN1C(=O)CCO. The molecule has 3 rings (SSSR count). The third-order valence-corrected chi connectivity index (χ3v) is 5.84. The van der Waals surface area contributed by atoms with Gasteiger partial charge in [0.1, 0.15) is 11.9 Å². The van der Waals surface area contributed by atoms with E-state index in [0.717, 1.165) is 28.8 Å². The van der Waals surface area contributed by atoms with Crippen molar-refractivity contribution in [3.63, 3.8) is 0 Å². The predicted molar refractivity (Wildman–Crippen MR) is 103 cm³/mol. The molecule has 2 heterocycles. The Balaban J connectivity index is 1.87. The fraction of sp³-hybridized carbons (Fsp3) is 0.632. The zero-order chi connectivity index (χ0) is 18.8. The Bertz CT molecular complexity index is 727. The number of carbonyl (C=O) groups excluding carboxylic acids is 1. The van der Waals surface area contributed by atoms with Crippen molar-refractivity contribution in [3.8, 4) is 6.07 Å². The Labute approximate surface area is 162 Å². The summed E-state index contributed by atoms with van der Waals surface area (Å²) in [4.78, 5) is 21.2. The molecule has 0 radical (unpaired) electrons. The van der Waals surface area contributed by atoms with Crippen molar-refractivity contribution in [2.45, 2.75) is 45.1 Å². The van der Waals surface area contributed by atoms with Crippen molar-refractivity contribution in [1.29, 1.82) is 5.26 Å². The van der Waals surface area contributed by atoms with E-state index in [1.807, 2.05) is 11.0 Å². The Morgan fingerprint density at radius 2 is 2.19 bits per heavy atom. The summed E-state index contributed by atoms with van der Waals surface area (Å²) < 4.78 is 0.914. The fourth-order valence-corrected chi connectivity index (χ4v) is 4.22. The van der Waals surface area contributed by atoms with Crippen LogP contribution in [0.3, 0.4) is 0 Å². The number of hydrogen-bond acceptors (Lipinski definition) is 5. The van der Waals surface area contributed by atoms with E-state index in [0.29, 0.717) is 31.1 Å². The highest BCUT2D eigenvalue weighted by molar-refractivity contribution is 9.10. The number of aromatic nitrogens is 1. The minimum absolute atomic E-state index is 0.00575. The number of anilines is 1. The van der Waals surface area contributed by atoms with Gasteiger partial charge in [-0.05, 0) is 40.8 Å². The van der Waals surface area contributed by atoms with Crippen LogP contribution in [0.15, 0.2) is 10.5 Å². The van der Waals surface area contributed by atoms with Gasteiger partial charge in [0.25, 0.3) is 0 Å². The molecule has 1 amide bonds. The second-order valence-corrected chi connectivity index (χ2v) is 8.29. The molecule has 2 aliphatic rings. The second kappa shape index (κ2) is 7.93. The van der Waals surface area contributed by atoms with Crippen LogP contribution in [0.2, 0.25) is 0 Å². The minimum atomic E-state index is -0.124. The zero-order valence-corrected chi connectivity index (χ0v) is 16.9. The minimum Gasteiger partial charge on any atom is -0.396 e. The number of hydrogen-bond donors (Lipinski definition) is 1. The summed E-state index contributed by atoms with van der Waals surface area (Å²) in [6.45, 7) is 5.97. The topological polar surface area (TPSA) is 80.5 Å². The molecule has 1 aliphatic carbocycles. The van der Waals surface area contributed by atoms with Crippen LogP contribution in [0, 0.1) is 17.2 Å². The van der Waals surface area contributed by atoms with E-state index >= 15 is 0 Å². The first-order chi connectivity index (χ1) is 12.5. The van der Waals surface area contributed by atoms with Crippen molar-refractivity contribution < 1.29 is 9.90 Å². The number of aliphatic hydroxyl groups is 1. The summed E-state index contributed by atoms with van der Waals surface area (Å²) in [5, 5.41) is 18.7. The van der Waals surface area contributed by atoms with Crippen LogP contribution in [-0.2, 0) is 4.79 Å². The highest BCUT2D eigenvalue weighted by Crippen LogP contribution is 2.43. The Morgan fingerprint density at radius 3 is 2.77 bits per heavy atom. The number of nitrogens with zero attached hydrogens (tertiary/aromatic N) is 4. The molecule has 1 saturated carbocycles. The van der Waals surface area contributed by atoms with Crippen LogP contribution < -0.4 is 4.90 Å². The number of rotatable bonds is 5. The summed E-state index contributed by atoms with van der Waals surface area (Å²) in [5.74, 6) is 1.50. The van der Waals surface area contributed by atoms with E-state index in [2.05, 4.69) is 40.7 Å². The summed E-state index contributed by atoms with van der Waals surface area (Å²) in [6, 6.07) is 4.19. The number of piperazine rings is 1. The van der Waals surface area contributed by atoms with Gasteiger partial charge in [-0.3, -0.25) is 4.79 Å². The number of halogens is 1. The lowest BCUT2D eigenvalue weighted by atomic mass is 9.98. The predicted octanol–water partition coefficient (Wildman–Crippen LogP) is 2.65. The summed E-state index contributed by atoms with van der Waals surface area (Å²) in [7, 11) is 0. The summed E-state index contributed by atoms with van der Waals surface area (Å²) in [6.07, 6.45) is 2.46. The molecule has 7 heteroatoms. The van der Waals surface area contributed by atoms with Gasteiger partial charge >= 0.3 is 0 Å². The van der Waals surface area contributed by atoms with Crippen LogP contribution in [0.1, 0.15) is 50.3 Å². The number of pyridine rings is 1. The lowest BCUT2D eigenvalue weighted by Crippen LogP contribution is -2.57. The number of nitriles is 1. The monoisotopic (exact) mass is 420 g/mol. The largest absolute Gasteiger partial charge is 0.396 e. The molecule has 1 aromatic rings. The van der Waals surface area contributed by atoms with Gasteiger partial charge in [0.15, 0.2) is 0 Å². The van der Waals surface area contributed by atoms with Crippen LogP contribution in [-0.4, -0.2) is 53.2 Å². The van der Waals surface area contributed by atoms with E-state index in [1.54, 1.807) is 0 Å². The molecule has 0 spiro atoms. The molecule has 0 aromatic carbocycles. The van der Waals surface area contributed by atoms with Crippen LogP contribution >= 0.6 is 15.9 Å². The van der Waals surface area contributed by atoms with Crippen LogP contribution in [0.5, 0.6) is 0 Å². The highest BCUT2D eigenvalue weighted by atomic mass is 79.9. The first-order valence-electron chi connectivity index (χ1n) is 9.22. The van der Waals surface area contributed by atoms with E-state index in [4.69, 9.17) is 10.1 Å². The quantitative estimate of drug-likeness (QED) is 0.791. The highest BCUT2D eigenvalue weighted by Gasteiger charge is 2.35. The Morgan fingerprint density at radius 1 is 1.46 bits per heavy atom. The van der Waals surface area contributed by atoms with E-state index in [1.165, 1.54) is 0 Å². The first-order valence-corrected chi connectivity index (χ1v) is 10.0. The molecule has 1 saturated heterocycles. The molecule has 1 atom stereocenters. The maximum absolute atomic E-state index is 12.3. The molecule has 6 nitrogen and oxygen atoms in total. The van der Waals surface area contributed by atoms with Crippen molar-refractivity contribution >= 4 is 27.7 Å². The van der Waals surface area contributed by atoms with E-state index in [-0.39, 0.29) is 30.9 Å². The number of aliphatic hydroxyl groups excluding tert-OH is 1. The normalized spacial score (nSPS) is 20.4. The first kappa shape index (κ1) is 19.1. The Kier molecular flexibility index (Phi) is 5.83. The van der Waals surface area contributed by atoms with E-state index < -0.39 is 0 Å². The van der Waals surface area contributed by atoms with Gasteiger partial charge in [-0.1, -0.05) is 13.8 Å². The van der Waals surface area contributed by atoms with Gasteiger partial charge in [0.05, 0.1) is 23.9 Å². The van der Waals surface area contributed by atoms with Crippen LogP contribution in [0.25, 0.3) is 0 Å². The van der Waals surface area contributed by atoms with Gasteiger partial charge in [0, 0.05) is 36.4 Å². The fourth-order valence-electron chi connectivity index (χ4n) is 3.58. The number of carbonyl (C=O) groups is 1. The van der Waals surface area contributed by atoms with Crippen molar-refractivity contribution in [2.24, 2.45) is 5.92 Å². The Hall–Kier alpha value is -1.65. The van der Waals surface area contributed by atoms with Gasteiger partial charge in [0.2, 0.25) is 5.91 Å². The summed E-state index contributed by atoms with van der Waals surface area (Å²) in [5.41, 5.74) is 1.61. The van der Waals surface area contributed by atoms with Crippen molar-refractivity contribution in [3.05, 3.63) is 21.8 Å². The molecule has 1 N–H and O–H groups in total. The van der Waals surface area contributed by atoms with Gasteiger partial charge in [-0.2, -0.15) is 5.26 Å². The van der Waals surface area contributed by atoms with Crippen LogP contribution in [0.4, 0.5) is 5.82 Å². The third-order valence-electron chi connectivity index (χ3n) is 5.20. The second-order valence-electron chi connectivity index (χ2n) is 7.43. The maximum atomic E-state index is 12.3. The zero-order valence-electron chi connectivity index (χ0n) is 15.3. The molecule has 2 fully saturated rings. The molecule has 0 bridgehead atoms. The van der Waals surface area contributed by atoms with Crippen molar-refractivity contribution in [1.82, 2.24) is 9.88 Å². The van der Waals surface area contributed by atoms with Gasteiger partial charge < -0.3 is 14.9 Å². The molecular formula is C19H25BrN4O2. The molecule has 26 heavy (non-hydrogen) atoms. The average Bonchev–Trinajstić information content (AvgIpc) is 3.46. The third kappa shape index (κ3) is 3.86. The number of amides is 1. The van der Waals surface area contributed by atoms with E-state index in [9.17, 15) is 10.1 Å². The lowest BCUT2D eigenvalue weighted by Gasteiger charge is -2.44. The lowest BCUT2D eigenvalue weighted by molar-refractivity contribution is -0.135. The molecule has 1 aromatic heterocycles. The summed E-state index contributed by atoms with van der Waals surface area (Å²) >= 11 is 3.56. The van der Waals surface area contributed by atoms with Crippen molar-refractivity contribution in [2.75, 3.05) is 31.1 Å². The smallest absolute Gasteiger partial charge is 0.225 e. The van der Waals surface area contributed by atoms with Gasteiger partial charge in [-0.25, -0.2) is 4.98 Å². The van der Waals surface area contributed by atoms with Gasteiger partial charge in [-0.15, -0.1) is 0 Å². The molecule has 1 aliphatic heterocycles. The maximum Gasteiger partial charge on any atom is 0.225 e. The molecule has 140 valence electrons. The average molecular weight is 421 g/mol. The molecule has 1 unspecified atom stereocenters. The standard InChI is InChI=1S/C19H25BrN4O2/c1-12(2)16-11-23(6-7-24(16)17(26)5-8-25)19-14(10-21)9-15(20)18(22-19)13-3-4-13/h9,12-13,16,25H,3-8,11H2,1-2H3. The molecular weight excluding hydrogens is 396 g/mol.